The maximum atomic E-state index is 12.0. The average molecular weight is 455 g/mol. The number of anilines is 1. The highest BCUT2D eigenvalue weighted by atomic mass is 16.6. The Morgan fingerprint density at radius 1 is 1.06 bits per heavy atom. The molecule has 32 heavy (non-hydrogen) atoms. The van der Waals surface area contributed by atoms with Crippen LogP contribution < -0.4 is 21.9 Å². The van der Waals surface area contributed by atoms with Crippen molar-refractivity contribution in [3.63, 3.8) is 0 Å². The Morgan fingerprint density at radius 3 is 2.34 bits per heavy atom. The van der Waals surface area contributed by atoms with E-state index < -0.39 is 11.7 Å². The van der Waals surface area contributed by atoms with Gasteiger partial charge in [-0.2, -0.15) is 4.98 Å². The first-order valence-corrected chi connectivity index (χ1v) is 10.5. The Labute approximate surface area is 186 Å². The maximum Gasteiger partial charge on any atom is 0.407 e. The highest BCUT2D eigenvalue weighted by Crippen LogP contribution is 2.12. The van der Waals surface area contributed by atoms with Gasteiger partial charge in [-0.25, -0.2) is 4.79 Å². The van der Waals surface area contributed by atoms with Gasteiger partial charge in [-0.3, -0.25) is 9.78 Å². The fourth-order valence-electron chi connectivity index (χ4n) is 2.71. The number of aromatic nitrogens is 3. The van der Waals surface area contributed by atoms with Gasteiger partial charge in [0.1, 0.15) is 11.2 Å². The van der Waals surface area contributed by atoms with E-state index in [0.717, 1.165) is 5.56 Å². The number of nitrogen functional groups attached to an aromatic ring is 1. The number of nitrogens with zero attached hydrogens (tertiary/aromatic N) is 1. The molecule has 0 aliphatic carbocycles. The molecule has 2 aromatic heterocycles. The van der Waals surface area contributed by atoms with Crippen LogP contribution in [0.1, 0.15) is 26.3 Å². The van der Waals surface area contributed by atoms with Crippen LogP contribution in [0.4, 0.5) is 10.7 Å². The molecule has 0 aliphatic rings. The highest BCUT2D eigenvalue weighted by Gasteiger charge is 2.15. The van der Waals surface area contributed by atoms with Crippen LogP contribution in [0, 0.1) is 0 Å². The summed E-state index contributed by atoms with van der Waals surface area (Å²) >= 11 is 0. The number of carbonyl (C=O) groups excluding carboxylic acids is 1. The smallest absolute Gasteiger partial charge is 0.407 e. The van der Waals surface area contributed by atoms with Crippen LogP contribution in [0.15, 0.2) is 11.0 Å². The van der Waals surface area contributed by atoms with E-state index in [1.807, 2.05) is 20.8 Å². The normalized spacial score (nSPS) is 11.7. The van der Waals surface area contributed by atoms with Crippen LogP contribution in [0.5, 0.6) is 0 Å². The molecule has 2 rings (SSSR count). The molecule has 0 atom stereocenters. The number of nitrogens with one attached hydrogen (secondary N) is 4. The first-order valence-electron chi connectivity index (χ1n) is 10.5. The lowest BCUT2D eigenvalue weighted by molar-refractivity contribution is 0.0145. The molecule has 12 heteroatoms. The lowest BCUT2D eigenvalue weighted by Crippen LogP contribution is -2.34. The maximum absolute atomic E-state index is 12.0. The molecule has 6 N–H and O–H groups in total. The van der Waals surface area contributed by atoms with Crippen LogP contribution in [-0.4, -0.2) is 79.4 Å². The molecule has 0 saturated carbocycles. The first kappa shape index (κ1) is 25.6. The molecule has 0 fully saturated rings. The van der Waals surface area contributed by atoms with E-state index in [0.29, 0.717) is 70.3 Å². The van der Waals surface area contributed by atoms with Gasteiger partial charge < -0.3 is 40.3 Å². The van der Waals surface area contributed by atoms with E-state index in [1.54, 1.807) is 6.20 Å². The van der Waals surface area contributed by atoms with Crippen molar-refractivity contribution in [2.24, 2.45) is 0 Å². The van der Waals surface area contributed by atoms with E-state index in [-0.39, 0.29) is 11.5 Å². The second kappa shape index (κ2) is 13.0. The Hall–Kier alpha value is -2.67. The van der Waals surface area contributed by atoms with Crippen molar-refractivity contribution in [2.75, 3.05) is 58.5 Å². The van der Waals surface area contributed by atoms with Crippen molar-refractivity contribution in [3.8, 4) is 0 Å². The van der Waals surface area contributed by atoms with Crippen LogP contribution in [0.3, 0.4) is 0 Å². The topological polar surface area (TPSA) is 166 Å². The van der Waals surface area contributed by atoms with Crippen molar-refractivity contribution in [3.05, 3.63) is 22.1 Å². The predicted octanol–water partition coefficient (Wildman–Crippen LogP) is 0.498. The van der Waals surface area contributed by atoms with E-state index in [2.05, 4.69) is 25.6 Å². The third kappa shape index (κ3) is 9.64. The first-order chi connectivity index (χ1) is 15.3. The molecular formula is C20H34N6O6. The Balaban J connectivity index is 1.40. The zero-order valence-electron chi connectivity index (χ0n) is 18.9. The number of H-pyrrole nitrogens is 2. The van der Waals surface area contributed by atoms with E-state index in [9.17, 15) is 9.59 Å². The molecule has 0 aliphatic heterocycles. The molecule has 0 radical (unpaired) electrons. The van der Waals surface area contributed by atoms with E-state index in [4.69, 9.17) is 24.7 Å². The number of fused-ring (bicyclic) bond motifs is 1. The van der Waals surface area contributed by atoms with Gasteiger partial charge in [-0.05, 0) is 26.3 Å². The minimum atomic E-state index is -0.512. The lowest BCUT2D eigenvalue weighted by Gasteiger charge is -2.19. The summed E-state index contributed by atoms with van der Waals surface area (Å²) in [5, 5.41) is 6.34. The van der Waals surface area contributed by atoms with Crippen LogP contribution >= 0.6 is 0 Å². The quantitative estimate of drug-likeness (QED) is 0.255. The van der Waals surface area contributed by atoms with Crippen molar-refractivity contribution in [1.29, 1.82) is 0 Å². The lowest BCUT2D eigenvalue weighted by atomic mass is 10.2. The largest absolute Gasteiger partial charge is 0.444 e. The minimum absolute atomic E-state index is 0.0845. The van der Waals surface area contributed by atoms with Gasteiger partial charge in [0.25, 0.3) is 5.56 Å². The standard InChI is InChI=1S/C20H34N6O6/c1-20(2,3)32-19(28)23-5-7-30-9-11-31-10-8-29-6-4-22-12-14-13-24-16-15(14)17(27)26-18(21)25-16/h13,22H,4-12H2,1-3H3,(H,23,28)(H4,21,24,25,26,27). The van der Waals surface area contributed by atoms with Crippen molar-refractivity contribution >= 4 is 23.1 Å². The number of amides is 1. The second-order valence-corrected chi connectivity index (χ2v) is 7.93. The molecule has 2 heterocycles. The second-order valence-electron chi connectivity index (χ2n) is 7.93. The Bertz CT molecular complexity index is 891. The summed E-state index contributed by atoms with van der Waals surface area (Å²) in [7, 11) is 0. The van der Waals surface area contributed by atoms with Crippen molar-refractivity contribution in [2.45, 2.75) is 32.9 Å². The van der Waals surface area contributed by atoms with Crippen LogP contribution in [0.2, 0.25) is 0 Å². The van der Waals surface area contributed by atoms with Gasteiger partial charge >= 0.3 is 6.09 Å². The van der Waals surface area contributed by atoms with Gasteiger partial charge in [0.15, 0.2) is 0 Å². The monoisotopic (exact) mass is 454 g/mol. The SMILES string of the molecule is CC(C)(C)OC(=O)NCCOCCOCCOCCNCc1c[nH]c2nc(N)[nH]c(=O)c12. The molecule has 180 valence electrons. The molecule has 2 aromatic rings. The van der Waals surface area contributed by atoms with Gasteiger partial charge in [0, 0.05) is 25.8 Å². The number of ether oxygens (including phenoxy) is 4. The summed E-state index contributed by atoms with van der Waals surface area (Å²) in [6, 6.07) is 0. The summed E-state index contributed by atoms with van der Waals surface area (Å²) in [5.74, 6) is 0.0845. The van der Waals surface area contributed by atoms with E-state index in [1.165, 1.54) is 0 Å². The molecule has 0 saturated heterocycles. The number of rotatable bonds is 14. The van der Waals surface area contributed by atoms with Gasteiger partial charge in [-0.1, -0.05) is 0 Å². The number of hydrogen-bond donors (Lipinski definition) is 5. The Morgan fingerprint density at radius 2 is 1.69 bits per heavy atom. The zero-order chi connectivity index (χ0) is 23.4. The molecule has 0 aromatic carbocycles. The highest BCUT2D eigenvalue weighted by molar-refractivity contribution is 5.79. The van der Waals surface area contributed by atoms with E-state index >= 15 is 0 Å². The molecule has 0 spiro atoms. The zero-order valence-corrected chi connectivity index (χ0v) is 18.9. The molecule has 0 unspecified atom stereocenters. The summed E-state index contributed by atoms with van der Waals surface area (Å²) in [5.41, 5.74) is 6.05. The van der Waals surface area contributed by atoms with Crippen molar-refractivity contribution in [1.82, 2.24) is 25.6 Å². The third-order valence-electron chi connectivity index (χ3n) is 4.04. The molecule has 1 amide bonds. The van der Waals surface area contributed by atoms with Gasteiger partial charge in [0.2, 0.25) is 5.95 Å². The number of nitrogens with two attached hydrogens (primary N) is 1. The molecule has 12 nitrogen and oxygen atoms in total. The summed E-state index contributed by atoms with van der Waals surface area (Å²) in [6.07, 6.45) is 1.28. The number of carbonyl (C=O) groups is 1. The fraction of sp³-hybridized carbons (Fsp3) is 0.650. The minimum Gasteiger partial charge on any atom is -0.444 e. The molecule has 0 bridgehead atoms. The summed E-state index contributed by atoms with van der Waals surface area (Å²) in [6.45, 7) is 9.65. The summed E-state index contributed by atoms with van der Waals surface area (Å²) in [4.78, 5) is 32.9. The molecular weight excluding hydrogens is 420 g/mol. The van der Waals surface area contributed by atoms with Crippen LogP contribution in [0.25, 0.3) is 11.0 Å². The van der Waals surface area contributed by atoms with Gasteiger partial charge in [-0.15, -0.1) is 0 Å². The summed E-state index contributed by atoms with van der Waals surface area (Å²) < 4.78 is 21.4. The third-order valence-corrected chi connectivity index (χ3v) is 4.04. The Kier molecular flexibility index (Phi) is 10.4. The van der Waals surface area contributed by atoms with Crippen LogP contribution in [-0.2, 0) is 25.5 Å². The fourth-order valence-corrected chi connectivity index (χ4v) is 2.71. The predicted molar refractivity (Wildman–Crippen MR) is 120 cm³/mol. The number of alkyl carbamates (subject to hydrolysis) is 1. The average Bonchev–Trinajstić information content (AvgIpc) is 3.09. The van der Waals surface area contributed by atoms with Crippen molar-refractivity contribution < 1.29 is 23.7 Å². The van der Waals surface area contributed by atoms with Gasteiger partial charge in [0.05, 0.1) is 45.0 Å². The number of aromatic amines is 2. The number of hydrogen-bond acceptors (Lipinski definition) is 9.